The molecule has 1 aliphatic rings. The molecule has 0 radical (unpaired) electrons. The van der Waals surface area contributed by atoms with E-state index in [9.17, 15) is 9.59 Å². The molecule has 10 heavy (non-hydrogen) atoms. The molecule has 0 aliphatic carbocycles. The number of amides is 1. The Bertz CT molecular complexity index is 157. The molecule has 0 aromatic rings. The van der Waals surface area contributed by atoms with Gasteiger partial charge in [-0.15, -0.1) is 0 Å². The van der Waals surface area contributed by atoms with Crippen molar-refractivity contribution in [2.45, 2.75) is 18.9 Å². The first kappa shape index (κ1) is 7.21. The van der Waals surface area contributed by atoms with Crippen LogP contribution in [0.4, 0.5) is 0 Å². The highest BCUT2D eigenvalue weighted by atomic mass is 16.1. The third kappa shape index (κ3) is 1.54. The molecule has 1 aliphatic heterocycles. The molecule has 1 rings (SSSR count). The molecule has 4 heteroatoms. The zero-order valence-electron chi connectivity index (χ0n) is 5.59. The fraction of sp³-hybridized carbons (Fsp3) is 0.667. The molecule has 4 nitrogen and oxygen atoms in total. The Balaban J connectivity index is 2.40. The molecule has 1 atom stereocenters. The quantitative estimate of drug-likeness (QED) is 0.482. The number of carbonyl (C=O) groups is 2. The Morgan fingerprint density at radius 3 is 2.80 bits per heavy atom. The van der Waals surface area contributed by atoms with E-state index in [1.54, 1.807) is 0 Å². The molecule has 56 valence electrons. The van der Waals surface area contributed by atoms with Crippen LogP contribution in [0.15, 0.2) is 0 Å². The van der Waals surface area contributed by atoms with Crippen molar-refractivity contribution in [1.82, 2.24) is 5.32 Å². The highest BCUT2D eigenvalue weighted by Gasteiger charge is 2.21. The van der Waals surface area contributed by atoms with Crippen molar-refractivity contribution in [2.75, 3.05) is 6.54 Å². The van der Waals surface area contributed by atoms with Crippen molar-refractivity contribution in [3.63, 3.8) is 0 Å². The van der Waals surface area contributed by atoms with Gasteiger partial charge in [-0.2, -0.15) is 0 Å². The van der Waals surface area contributed by atoms with Crippen molar-refractivity contribution < 1.29 is 9.59 Å². The van der Waals surface area contributed by atoms with E-state index in [-0.39, 0.29) is 24.3 Å². The van der Waals surface area contributed by atoms with Gasteiger partial charge in [-0.3, -0.25) is 14.9 Å². The van der Waals surface area contributed by atoms with Crippen molar-refractivity contribution >= 4 is 11.7 Å². The predicted molar refractivity (Wildman–Crippen MR) is 35.2 cm³/mol. The van der Waals surface area contributed by atoms with Gasteiger partial charge in [0.25, 0.3) is 0 Å². The molecular weight excluding hydrogens is 132 g/mol. The van der Waals surface area contributed by atoms with E-state index < -0.39 is 0 Å². The predicted octanol–water partition coefficient (Wildman–Crippen LogP) is -1.21. The largest absolute Gasteiger partial charge is 0.368 e. The first-order valence-corrected chi connectivity index (χ1v) is 3.24. The van der Waals surface area contributed by atoms with E-state index in [1.807, 2.05) is 0 Å². The summed E-state index contributed by atoms with van der Waals surface area (Å²) in [4.78, 5) is 21.1. The Morgan fingerprint density at radius 2 is 2.40 bits per heavy atom. The third-order valence-corrected chi connectivity index (χ3v) is 1.60. The van der Waals surface area contributed by atoms with Gasteiger partial charge in [-0.05, 0) is 6.42 Å². The number of carbonyl (C=O) groups excluding carboxylic acids is 2. The number of nitrogens with two attached hydrogens (primary N) is 1. The first-order valence-electron chi connectivity index (χ1n) is 3.24. The van der Waals surface area contributed by atoms with Crippen molar-refractivity contribution in [3.05, 3.63) is 0 Å². The standard InChI is InChI=1S/C6H10N2O2/c7-6(10)5-2-1-4(9)3-8-5/h5,8H,1-3H2,(H2,7,10)/t5-/m0/s1. The number of piperidine rings is 1. The summed E-state index contributed by atoms with van der Waals surface area (Å²) < 4.78 is 0. The molecule has 3 N–H and O–H groups in total. The summed E-state index contributed by atoms with van der Waals surface area (Å²) in [5.41, 5.74) is 5.00. The van der Waals surface area contributed by atoms with Crippen LogP contribution >= 0.6 is 0 Å². The van der Waals surface area contributed by atoms with Crippen LogP contribution < -0.4 is 11.1 Å². The maximum Gasteiger partial charge on any atom is 0.234 e. The van der Waals surface area contributed by atoms with Crippen LogP contribution in [0, 0.1) is 0 Å². The van der Waals surface area contributed by atoms with Gasteiger partial charge in [0, 0.05) is 6.42 Å². The van der Waals surface area contributed by atoms with Gasteiger partial charge in [0.2, 0.25) is 5.91 Å². The van der Waals surface area contributed by atoms with Crippen molar-refractivity contribution in [1.29, 1.82) is 0 Å². The number of ketones is 1. The highest BCUT2D eigenvalue weighted by Crippen LogP contribution is 2.02. The molecule has 0 spiro atoms. The Kier molecular flexibility index (Phi) is 2.01. The van der Waals surface area contributed by atoms with E-state index >= 15 is 0 Å². The second-order valence-electron chi connectivity index (χ2n) is 2.41. The molecule has 0 aromatic carbocycles. The normalized spacial score (nSPS) is 26.4. The van der Waals surface area contributed by atoms with Gasteiger partial charge in [-0.1, -0.05) is 0 Å². The molecule has 0 aromatic heterocycles. The average molecular weight is 142 g/mol. The minimum Gasteiger partial charge on any atom is -0.368 e. The highest BCUT2D eigenvalue weighted by molar-refractivity contribution is 5.86. The van der Waals surface area contributed by atoms with E-state index in [2.05, 4.69) is 5.32 Å². The molecule has 1 heterocycles. The zero-order valence-corrected chi connectivity index (χ0v) is 5.59. The second kappa shape index (κ2) is 2.79. The van der Waals surface area contributed by atoms with Gasteiger partial charge in [0.1, 0.15) is 5.78 Å². The average Bonchev–Trinajstić information content (AvgIpc) is 1.88. The number of hydrogen-bond acceptors (Lipinski definition) is 3. The van der Waals surface area contributed by atoms with Crippen LogP contribution in [0.25, 0.3) is 0 Å². The lowest BCUT2D eigenvalue weighted by atomic mass is 10.0. The van der Waals surface area contributed by atoms with E-state index in [0.29, 0.717) is 12.8 Å². The van der Waals surface area contributed by atoms with Gasteiger partial charge in [0.15, 0.2) is 0 Å². The second-order valence-corrected chi connectivity index (χ2v) is 2.41. The van der Waals surface area contributed by atoms with Crippen LogP contribution in [-0.2, 0) is 9.59 Å². The van der Waals surface area contributed by atoms with Crippen LogP contribution in [0.5, 0.6) is 0 Å². The van der Waals surface area contributed by atoms with E-state index in [0.717, 1.165) is 0 Å². The molecule has 0 saturated carbocycles. The summed E-state index contributed by atoms with van der Waals surface area (Å²) in [5.74, 6) is -0.218. The Labute approximate surface area is 58.8 Å². The third-order valence-electron chi connectivity index (χ3n) is 1.60. The van der Waals surface area contributed by atoms with E-state index in [4.69, 9.17) is 5.73 Å². The summed E-state index contributed by atoms with van der Waals surface area (Å²) in [6, 6.07) is -0.294. The van der Waals surface area contributed by atoms with Crippen LogP contribution in [0.2, 0.25) is 0 Å². The SMILES string of the molecule is NC(=O)[C@@H]1CCC(=O)CN1. The van der Waals surface area contributed by atoms with Gasteiger partial charge in [0.05, 0.1) is 12.6 Å². The summed E-state index contributed by atoms with van der Waals surface area (Å²) in [5, 5.41) is 2.74. The van der Waals surface area contributed by atoms with Crippen LogP contribution in [0.1, 0.15) is 12.8 Å². The maximum absolute atomic E-state index is 10.6. The fourth-order valence-electron chi connectivity index (χ4n) is 0.976. The Hall–Kier alpha value is -0.900. The fourth-order valence-corrected chi connectivity index (χ4v) is 0.976. The minimum atomic E-state index is -0.368. The lowest BCUT2D eigenvalue weighted by Crippen LogP contribution is -2.47. The summed E-state index contributed by atoms with van der Waals surface area (Å²) >= 11 is 0. The lowest BCUT2D eigenvalue weighted by Gasteiger charge is -2.18. The van der Waals surface area contributed by atoms with Crippen LogP contribution in [0.3, 0.4) is 0 Å². The summed E-state index contributed by atoms with van der Waals surface area (Å²) in [6.07, 6.45) is 1.02. The number of hydrogen-bond donors (Lipinski definition) is 2. The summed E-state index contributed by atoms with van der Waals surface area (Å²) in [7, 11) is 0. The minimum absolute atomic E-state index is 0.150. The number of rotatable bonds is 1. The zero-order chi connectivity index (χ0) is 7.56. The molecule has 1 saturated heterocycles. The molecule has 0 unspecified atom stereocenters. The van der Waals surface area contributed by atoms with Crippen molar-refractivity contribution in [3.8, 4) is 0 Å². The van der Waals surface area contributed by atoms with Crippen molar-refractivity contribution in [2.24, 2.45) is 5.73 Å². The van der Waals surface area contributed by atoms with Gasteiger partial charge in [-0.25, -0.2) is 0 Å². The maximum atomic E-state index is 10.6. The number of primary amides is 1. The molecule has 1 fully saturated rings. The smallest absolute Gasteiger partial charge is 0.234 e. The number of Topliss-reactive ketones (excluding diaryl/α,β-unsaturated/α-hetero) is 1. The topological polar surface area (TPSA) is 72.2 Å². The Morgan fingerprint density at radius 1 is 1.70 bits per heavy atom. The number of nitrogens with one attached hydrogen (secondary N) is 1. The van der Waals surface area contributed by atoms with Gasteiger partial charge < -0.3 is 5.73 Å². The molecule has 1 amide bonds. The van der Waals surface area contributed by atoms with Gasteiger partial charge >= 0.3 is 0 Å². The molecular formula is C6H10N2O2. The first-order chi connectivity index (χ1) is 4.70. The summed E-state index contributed by atoms with van der Waals surface area (Å²) in [6.45, 7) is 0.285. The lowest BCUT2D eigenvalue weighted by molar-refractivity contribution is -0.123. The monoisotopic (exact) mass is 142 g/mol. The van der Waals surface area contributed by atoms with E-state index in [1.165, 1.54) is 0 Å². The molecule has 0 bridgehead atoms. The van der Waals surface area contributed by atoms with Crippen LogP contribution in [-0.4, -0.2) is 24.3 Å².